The first-order valence-corrected chi connectivity index (χ1v) is 10.4. The number of nitrogens with zero attached hydrogens (tertiary/aromatic N) is 3. The Labute approximate surface area is 178 Å². The summed E-state index contributed by atoms with van der Waals surface area (Å²) in [5.41, 5.74) is 2.96. The molecule has 1 aromatic heterocycles. The summed E-state index contributed by atoms with van der Waals surface area (Å²) in [5.74, 6) is 0.725. The van der Waals surface area contributed by atoms with Crippen molar-refractivity contribution in [2.75, 3.05) is 32.1 Å². The fraction of sp³-hybridized carbons (Fsp3) is 0.261. The van der Waals surface area contributed by atoms with E-state index >= 15 is 0 Å². The summed E-state index contributed by atoms with van der Waals surface area (Å²) >= 11 is 3.47. The van der Waals surface area contributed by atoms with Gasteiger partial charge in [0.05, 0.1) is 5.69 Å². The van der Waals surface area contributed by atoms with Crippen molar-refractivity contribution >= 4 is 21.7 Å². The SMILES string of the molecule is CN(C)C1CCN(c2cc(-c3cccc(F)c3)cc(-c3cc(Br)ccc3O)n2)C1. The summed E-state index contributed by atoms with van der Waals surface area (Å²) in [4.78, 5) is 9.35. The number of anilines is 1. The maximum Gasteiger partial charge on any atom is 0.129 e. The molecule has 4 rings (SSSR count). The van der Waals surface area contributed by atoms with E-state index in [-0.39, 0.29) is 11.6 Å². The van der Waals surface area contributed by atoms with Crippen molar-refractivity contribution in [3.8, 4) is 28.1 Å². The van der Waals surface area contributed by atoms with E-state index in [1.54, 1.807) is 18.2 Å². The maximum atomic E-state index is 13.9. The molecule has 1 N–H and O–H groups in total. The van der Waals surface area contributed by atoms with Gasteiger partial charge in [-0.25, -0.2) is 9.37 Å². The number of hydrogen-bond acceptors (Lipinski definition) is 4. The molecule has 4 nitrogen and oxygen atoms in total. The van der Waals surface area contributed by atoms with E-state index in [0.717, 1.165) is 40.9 Å². The Morgan fingerprint density at radius 1 is 1.10 bits per heavy atom. The standard InChI is InChI=1S/C23H23BrFN3O/c1-27(2)19-8-9-28(14-19)23-12-16(15-4-3-5-18(25)10-15)11-21(26-23)20-13-17(24)6-7-22(20)29/h3-7,10-13,19,29H,8-9,14H2,1-2H3. The van der Waals surface area contributed by atoms with Crippen LogP contribution in [0.3, 0.4) is 0 Å². The minimum atomic E-state index is -0.276. The van der Waals surface area contributed by atoms with Crippen LogP contribution in [0.5, 0.6) is 5.75 Å². The Kier molecular flexibility index (Phi) is 5.56. The van der Waals surface area contributed by atoms with Crippen LogP contribution in [0, 0.1) is 5.82 Å². The second kappa shape index (κ2) is 8.13. The molecule has 0 spiro atoms. The van der Waals surface area contributed by atoms with Crippen molar-refractivity contribution < 1.29 is 9.50 Å². The first-order chi connectivity index (χ1) is 13.9. The first kappa shape index (κ1) is 19.9. The van der Waals surface area contributed by atoms with Gasteiger partial charge in [0.2, 0.25) is 0 Å². The molecule has 0 saturated carbocycles. The summed E-state index contributed by atoms with van der Waals surface area (Å²) in [6, 6.07) is 16.2. The highest BCUT2D eigenvalue weighted by atomic mass is 79.9. The molecule has 1 atom stereocenters. The van der Waals surface area contributed by atoms with Gasteiger partial charge in [0, 0.05) is 29.2 Å². The van der Waals surface area contributed by atoms with Crippen LogP contribution in [0.1, 0.15) is 6.42 Å². The lowest BCUT2D eigenvalue weighted by atomic mass is 10.0. The maximum absolute atomic E-state index is 13.9. The van der Waals surface area contributed by atoms with Gasteiger partial charge in [0.25, 0.3) is 0 Å². The van der Waals surface area contributed by atoms with E-state index in [9.17, 15) is 9.50 Å². The number of pyridine rings is 1. The van der Waals surface area contributed by atoms with Crippen molar-refractivity contribution in [2.45, 2.75) is 12.5 Å². The van der Waals surface area contributed by atoms with Crippen LogP contribution in [0.25, 0.3) is 22.4 Å². The van der Waals surface area contributed by atoms with Crippen LogP contribution in [0.4, 0.5) is 10.2 Å². The molecule has 0 amide bonds. The lowest BCUT2D eigenvalue weighted by Crippen LogP contribution is -2.31. The average Bonchev–Trinajstić information content (AvgIpc) is 3.20. The van der Waals surface area contributed by atoms with Gasteiger partial charge in [0.15, 0.2) is 0 Å². The topological polar surface area (TPSA) is 39.6 Å². The van der Waals surface area contributed by atoms with E-state index in [1.165, 1.54) is 12.1 Å². The monoisotopic (exact) mass is 455 g/mol. The predicted molar refractivity (Wildman–Crippen MR) is 119 cm³/mol. The van der Waals surface area contributed by atoms with Gasteiger partial charge in [-0.3, -0.25) is 0 Å². The molecule has 2 aromatic carbocycles. The van der Waals surface area contributed by atoms with Gasteiger partial charge in [-0.1, -0.05) is 28.1 Å². The van der Waals surface area contributed by atoms with E-state index in [2.05, 4.69) is 39.8 Å². The summed E-state index contributed by atoms with van der Waals surface area (Å²) in [6.07, 6.45) is 1.07. The molecule has 6 heteroatoms. The van der Waals surface area contributed by atoms with E-state index in [1.807, 2.05) is 24.3 Å². The molecule has 3 aromatic rings. The molecule has 2 heterocycles. The van der Waals surface area contributed by atoms with E-state index < -0.39 is 0 Å². The fourth-order valence-electron chi connectivity index (χ4n) is 3.74. The van der Waals surface area contributed by atoms with Crippen LogP contribution in [-0.4, -0.2) is 48.2 Å². The van der Waals surface area contributed by atoms with Gasteiger partial charge < -0.3 is 14.9 Å². The third kappa shape index (κ3) is 4.28. The fourth-order valence-corrected chi connectivity index (χ4v) is 4.10. The number of phenols is 1. The minimum absolute atomic E-state index is 0.163. The summed E-state index contributed by atoms with van der Waals surface area (Å²) in [6.45, 7) is 1.79. The van der Waals surface area contributed by atoms with Crippen LogP contribution in [0.2, 0.25) is 0 Å². The van der Waals surface area contributed by atoms with Crippen LogP contribution >= 0.6 is 15.9 Å². The average molecular weight is 456 g/mol. The highest BCUT2D eigenvalue weighted by molar-refractivity contribution is 9.10. The lowest BCUT2D eigenvalue weighted by molar-refractivity contribution is 0.315. The van der Waals surface area contributed by atoms with E-state index in [4.69, 9.17) is 4.98 Å². The Hall–Kier alpha value is -2.44. The number of hydrogen-bond donors (Lipinski definition) is 1. The Balaban J connectivity index is 1.83. The van der Waals surface area contributed by atoms with Crippen LogP contribution < -0.4 is 4.90 Å². The van der Waals surface area contributed by atoms with Gasteiger partial charge in [-0.15, -0.1) is 0 Å². The zero-order valence-corrected chi connectivity index (χ0v) is 18.0. The van der Waals surface area contributed by atoms with Crippen molar-refractivity contribution in [1.82, 2.24) is 9.88 Å². The predicted octanol–water partition coefficient (Wildman–Crippen LogP) is 5.16. The van der Waals surface area contributed by atoms with Crippen molar-refractivity contribution in [3.05, 3.63) is 64.9 Å². The molecule has 1 aliphatic heterocycles. The Morgan fingerprint density at radius 3 is 2.66 bits per heavy atom. The summed E-state index contributed by atoms with van der Waals surface area (Å²) < 4.78 is 14.7. The molecule has 1 unspecified atom stereocenters. The molecule has 29 heavy (non-hydrogen) atoms. The molecule has 1 fully saturated rings. The number of aromatic nitrogens is 1. The lowest BCUT2D eigenvalue weighted by Gasteiger charge is -2.22. The molecule has 150 valence electrons. The second-order valence-corrected chi connectivity index (χ2v) is 8.54. The van der Waals surface area contributed by atoms with Gasteiger partial charge in [0.1, 0.15) is 17.4 Å². The molecule has 1 aliphatic rings. The zero-order valence-electron chi connectivity index (χ0n) is 16.4. The van der Waals surface area contributed by atoms with Crippen molar-refractivity contribution in [2.24, 2.45) is 0 Å². The second-order valence-electron chi connectivity index (χ2n) is 7.62. The van der Waals surface area contributed by atoms with Gasteiger partial charge in [-0.05, 0) is 74.1 Å². The normalized spacial score (nSPS) is 16.6. The van der Waals surface area contributed by atoms with Crippen molar-refractivity contribution in [1.29, 1.82) is 0 Å². The highest BCUT2D eigenvalue weighted by Gasteiger charge is 2.26. The van der Waals surface area contributed by atoms with Crippen molar-refractivity contribution in [3.63, 3.8) is 0 Å². The zero-order chi connectivity index (χ0) is 20.5. The molecule has 0 radical (unpaired) electrons. The van der Waals surface area contributed by atoms with Gasteiger partial charge in [-0.2, -0.15) is 0 Å². The smallest absolute Gasteiger partial charge is 0.129 e. The number of rotatable bonds is 4. The minimum Gasteiger partial charge on any atom is -0.507 e. The number of benzene rings is 2. The summed E-state index contributed by atoms with van der Waals surface area (Å²) in [5, 5.41) is 10.4. The molecule has 0 aliphatic carbocycles. The third-order valence-electron chi connectivity index (χ3n) is 5.42. The summed E-state index contributed by atoms with van der Waals surface area (Å²) in [7, 11) is 4.19. The van der Waals surface area contributed by atoms with Crippen LogP contribution in [0.15, 0.2) is 59.1 Å². The number of aromatic hydroxyl groups is 1. The number of likely N-dealkylation sites (N-methyl/N-ethyl adjacent to an activating group) is 1. The Bertz CT molecular complexity index is 1040. The molecule has 0 bridgehead atoms. The molecular formula is C23H23BrFN3O. The first-order valence-electron chi connectivity index (χ1n) is 9.59. The number of phenolic OH excluding ortho intramolecular Hbond substituents is 1. The van der Waals surface area contributed by atoms with E-state index in [0.29, 0.717) is 17.3 Å². The Morgan fingerprint density at radius 2 is 1.93 bits per heavy atom. The van der Waals surface area contributed by atoms with Crippen LogP contribution in [-0.2, 0) is 0 Å². The molecule has 1 saturated heterocycles. The van der Waals surface area contributed by atoms with Gasteiger partial charge >= 0.3 is 0 Å². The quantitative estimate of drug-likeness (QED) is 0.589. The highest BCUT2D eigenvalue weighted by Crippen LogP contribution is 2.36. The molecular weight excluding hydrogens is 433 g/mol. The number of halogens is 2. The largest absolute Gasteiger partial charge is 0.507 e. The third-order valence-corrected chi connectivity index (χ3v) is 5.92.